The Morgan fingerprint density at radius 3 is 2.73 bits per heavy atom. The zero-order chi connectivity index (χ0) is 18.6. The van der Waals surface area contributed by atoms with Gasteiger partial charge in [0.25, 0.3) is 0 Å². The highest BCUT2D eigenvalue weighted by molar-refractivity contribution is 7.89. The van der Waals surface area contributed by atoms with Crippen LogP contribution in [0.2, 0.25) is 0 Å². The van der Waals surface area contributed by atoms with Crippen molar-refractivity contribution in [3.63, 3.8) is 0 Å². The fourth-order valence-corrected chi connectivity index (χ4v) is 5.17. The van der Waals surface area contributed by atoms with Crippen LogP contribution in [0.15, 0.2) is 35.2 Å². The molecule has 0 saturated carbocycles. The van der Waals surface area contributed by atoms with Crippen LogP contribution in [-0.2, 0) is 16.4 Å². The lowest BCUT2D eigenvalue weighted by atomic mass is 9.98. The molecule has 1 aromatic heterocycles. The number of nitrogens with zero attached hydrogens (tertiary/aromatic N) is 2. The Labute approximate surface area is 156 Å². The summed E-state index contributed by atoms with van der Waals surface area (Å²) in [6.45, 7) is 6.99. The highest BCUT2D eigenvalue weighted by Crippen LogP contribution is 2.19. The number of aryl methyl sites for hydroxylation is 2. The maximum absolute atomic E-state index is 12.6. The van der Waals surface area contributed by atoms with Crippen LogP contribution in [0.3, 0.4) is 0 Å². The molecule has 0 aliphatic carbocycles. The summed E-state index contributed by atoms with van der Waals surface area (Å²) in [6, 6.07) is 10.5. The van der Waals surface area contributed by atoms with Gasteiger partial charge in [0.2, 0.25) is 10.0 Å². The first-order valence-corrected chi connectivity index (χ1v) is 10.7. The van der Waals surface area contributed by atoms with Gasteiger partial charge in [-0.1, -0.05) is 30.3 Å². The lowest BCUT2D eigenvalue weighted by molar-refractivity contribution is 0.178. The number of likely N-dealkylation sites (tertiary alicyclic amines) is 1. The standard InChI is InChI=1S/C19H28N4O2S/c1-15-19(16(2)22-21-15)26(24,25)20-13-18-9-6-11-23(14-18)12-10-17-7-4-3-5-8-17/h3-5,7-8,18,20H,6,9-14H2,1-2H3,(H,21,22)/t18-/m1/s1. The number of piperidine rings is 1. The highest BCUT2D eigenvalue weighted by atomic mass is 32.2. The number of nitrogens with one attached hydrogen (secondary N) is 2. The SMILES string of the molecule is Cc1n[nH]c(C)c1S(=O)(=O)NC[C@H]1CCCN(CCc2ccccc2)C1. The van der Waals surface area contributed by atoms with E-state index in [1.54, 1.807) is 13.8 Å². The monoisotopic (exact) mass is 376 g/mol. The topological polar surface area (TPSA) is 78.1 Å². The van der Waals surface area contributed by atoms with Gasteiger partial charge >= 0.3 is 0 Å². The molecule has 3 rings (SSSR count). The summed E-state index contributed by atoms with van der Waals surface area (Å²) in [5.41, 5.74) is 2.45. The smallest absolute Gasteiger partial charge is 0.244 e. The molecule has 1 aliphatic heterocycles. The molecule has 0 spiro atoms. The molecule has 2 aromatic rings. The van der Waals surface area contributed by atoms with E-state index in [9.17, 15) is 8.42 Å². The predicted molar refractivity (Wildman–Crippen MR) is 103 cm³/mol. The van der Waals surface area contributed by atoms with E-state index in [4.69, 9.17) is 0 Å². The van der Waals surface area contributed by atoms with Crippen molar-refractivity contribution in [2.45, 2.75) is 38.0 Å². The fourth-order valence-electron chi connectivity index (χ4n) is 3.69. The van der Waals surface area contributed by atoms with Crippen molar-refractivity contribution in [3.8, 4) is 0 Å². The van der Waals surface area contributed by atoms with Crippen molar-refractivity contribution >= 4 is 10.0 Å². The molecule has 0 radical (unpaired) electrons. The van der Waals surface area contributed by atoms with Crippen molar-refractivity contribution in [2.75, 3.05) is 26.2 Å². The summed E-state index contributed by atoms with van der Waals surface area (Å²) in [4.78, 5) is 2.73. The summed E-state index contributed by atoms with van der Waals surface area (Å²) < 4.78 is 28.0. The molecule has 1 fully saturated rings. The van der Waals surface area contributed by atoms with E-state index in [0.717, 1.165) is 38.9 Å². The van der Waals surface area contributed by atoms with Gasteiger partial charge in [-0.15, -0.1) is 0 Å². The Kier molecular flexibility index (Phi) is 6.11. The lowest BCUT2D eigenvalue weighted by Gasteiger charge is -2.32. The third kappa shape index (κ3) is 4.72. The van der Waals surface area contributed by atoms with Gasteiger partial charge in [0.15, 0.2) is 0 Å². The molecule has 26 heavy (non-hydrogen) atoms. The molecule has 6 nitrogen and oxygen atoms in total. The van der Waals surface area contributed by atoms with Crippen LogP contribution in [0, 0.1) is 19.8 Å². The van der Waals surface area contributed by atoms with E-state index in [1.165, 1.54) is 5.56 Å². The van der Waals surface area contributed by atoms with E-state index in [2.05, 4.69) is 44.1 Å². The molecule has 0 amide bonds. The van der Waals surface area contributed by atoms with Crippen molar-refractivity contribution in [3.05, 3.63) is 47.3 Å². The van der Waals surface area contributed by atoms with E-state index >= 15 is 0 Å². The van der Waals surface area contributed by atoms with Crippen molar-refractivity contribution in [1.29, 1.82) is 0 Å². The van der Waals surface area contributed by atoms with E-state index < -0.39 is 10.0 Å². The molecule has 1 atom stereocenters. The zero-order valence-electron chi connectivity index (χ0n) is 15.5. The quantitative estimate of drug-likeness (QED) is 0.777. The van der Waals surface area contributed by atoms with E-state index in [1.807, 2.05) is 6.07 Å². The van der Waals surface area contributed by atoms with Gasteiger partial charge in [-0.3, -0.25) is 5.10 Å². The number of aromatic amines is 1. The number of sulfonamides is 1. The van der Waals surface area contributed by atoms with Gasteiger partial charge in [-0.05, 0) is 51.1 Å². The minimum absolute atomic E-state index is 0.286. The maximum Gasteiger partial charge on any atom is 0.244 e. The summed E-state index contributed by atoms with van der Waals surface area (Å²) in [5.74, 6) is 0.349. The minimum Gasteiger partial charge on any atom is -0.303 e. The Hall–Kier alpha value is -1.70. The number of aromatic nitrogens is 2. The molecule has 2 N–H and O–H groups in total. The first-order valence-electron chi connectivity index (χ1n) is 9.23. The summed E-state index contributed by atoms with van der Waals surface area (Å²) in [6.07, 6.45) is 3.21. The first-order chi connectivity index (χ1) is 12.5. The Morgan fingerprint density at radius 1 is 1.27 bits per heavy atom. The van der Waals surface area contributed by atoms with E-state index in [0.29, 0.717) is 23.9 Å². The number of hydrogen-bond acceptors (Lipinski definition) is 4. The molecular formula is C19H28N4O2S. The average molecular weight is 377 g/mol. The molecule has 1 aliphatic rings. The molecule has 0 unspecified atom stereocenters. The predicted octanol–water partition coefficient (Wildman–Crippen LogP) is 2.26. The first kappa shape index (κ1) is 19.1. The lowest BCUT2D eigenvalue weighted by Crippen LogP contribution is -2.41. The van der Waals surface area contributed by atoms with Crippen LogP contribution in [0.4, 0.5) is 0 Å². The van der Waals surface area contributed by atoms with Gasteiger partial charge < -0.3 is 4.90 Å². The Balaban J connectivity index is 1.52. The Morgan fingerprint density at radius 2 is 2.04 bits per heavy atom. The van der Waals surface area contributed by atoms with Crippen LogP contribution in [0.5, 0.6) is 0 Å². The summed E-state index contributed by atoms with van der Waals surface area (Å²) >= 11 is 0. The van der Waals surface area contributed by atoms with E-state index in [-0.39, 0.29) is 4.90 Å². The van der Waals surface area contributed by atoms with Crippen molar-refractivity contribution in [2.24, 2.45) is 5.92 Å². The zero-order valence-corrected chi connectivity index (χ0v) is 16.3. The number of H-pyrrole nitrogens is 1. The third-order valence-electron chi connectivity index (χ3n) is 5.05. The minimum atomic E-state index is -3.51. The van der Waals surface area contributed by atoms with Crippen molar-refractivity contribution < 1.29 is 8.42 Å². The molecule has 142 valence electrons. The normalized spacial score (nSPS) is 18.9. The molecular weight excluding hydrogens is 348 g/mol. The van der Waals surface area contributed by atoms with Crippen LogP contribution < -0.4 is 4.72 Å². The summed E-state index contributed by atoms with van der Waals surface area (Å²) in [7, 11) is -3.51. The number of rotatable bonds is 7. The van der Waals surface area contributed by atoms with Crippen LogP contribution in [0.25, 0.3) is 0 Å². The Bertz CT molecular complexity index is 798. The number of benzene rings is 1. The van der Waals surface area contributed by atoms with Gasteiger partial charge in [0.1, 0.15) is 4.90 Å². The van der Waals surface area contributed by atoms with Crippen LogP contribution in [0.1, 0.15) is 29.8 Å². The number of hydrogen-bond donors (Lipinski definition) is 2. The van der Waals surface area contributed by atoms with Crippen LogP contribution >= 0.6 is 0 Å². The second-order valence-electron chi connectivity index (χ2n) is 7.16. The molecule has 1 aromatic carbocycles. The second kappa shape index (κ2) is 8.33. The molecule has 1 saturated heterocycles. The largest absolute Gasteiger partial charge is 0.303 e. The van der Waals surface area contributed by atoms with Gasteiger partial charge in [0, 0.05) is 19.6 Å². The van der Waals surface area contributed by atoms with Gasteiger partial charge in [-0.25, -0.2) is 13.1 Å². The maximum atomic E-state index is 12.6. The van der Waals surface area contributed by atoms with Gasteiger partial charge in [-0.2, -0.15) is 5.10 Å². The second-order valence-corrected chi connectivity index (χ2v) is 8.86. The van der Waals surface area contributed by atoms with Crippen LogP contribution in [-0.4, -0.2) is 49.7 Å². The average Bonchev–Trinajstić information content (AvgIpc) is 2.99. The highest BCUT2D eigenvalue weighted by Gasteiger charge is 2.25. The molecule has 0 bridgehead atoms. The van der Waals surface area contributed by atoms with Gasteiger partial charge in [0.05, 0.1) is 11.4 Å². The molecule has 7 heteroatoms. The van der Waals surface area contributed by atoms with Crippen molar-refractivity contribution in [1.82, 2.24) is 19.8 Å². The summed E-state index contributed by atoms with van der Waals surface area (Å²) in [5, 5.41) is 6.73. The third-order valence-corrected chi connectivity index (χ3v) is 6.74. The molecule has 2 heterocycles. The fraction of sp³-hybridized carbons (Fsp3) is 0.526.